The van der Waals surface area contributed by atoms with Gasteiger partial charge in [-0.05, 0) is 68.1 Å². The fraction of sp³-hybridized carbons (Fsp3) is 0.857. The lowest BCUT2D eigenvalue weighted by molar-refractivity contribution is -0.160. The normalized spacial score (nSPS) is 51.8. The molecule has 0 aromatic rings. The van der Waals surface area contributed by atoms with Crippen LogP contribution in [-0.4, -0.2) is 35.5 Å². The van der Waals surface area contributed by atoms with Crippen molar-refractivity contribution in [1.29, 1.82) is 0 Å². The Kier molecular flexibility index (Phi) is 4.08. The van der Waals surface area contributed by atoms with Gasteiger partial charge in [-0.25, -0.2) is 0 Å². The number of esters is 1. The Morgan fingerprint density at radius 2 is 1.92 bits per heavy atom. The molecule has 0 radical (unpaired) electrons. The molecule has 140 valence electrons. The molecule has 0 aliphatic heterocycles. The number of hydrogen-bond acceptors (Lipinski definition) is 4. The number of rotatable bonds is 1. The van der Waals surface area contributed by atoms with E-state index in [0.717, 1.165) is 44.9 Å². The van der Waals surface area contributed by atoms with Crippen molar-refractivity contribution in [2.75, 3.05) is 7.11 Å². The Balaban J connectivity index is 1.77. The van der Waals surface area contributed by atoms with Gasteiger partial charge in [0.25, 0.3) is 0 Å². The number of aliphatic hydroxyl groups excluding tert-OH is 2. The Labute approximate surface area is 150 Å². The van der Waals surface area contributed by atoms with Gasteiger partial charge in [0.1, 0.15) is 0 Å². The van der Waals surface area contributed by atoms with Gasteiger partial charge < -0.3 is 14.9 Å². The molecule has 25 heavy (non-hydrogen) atoms. The summed E-state index contributed by atoms with van der Waals surface area (Å²) < 4.78 is 5.17. The summed E-state index contributed by atoms with van der Waals surface area (Å²) in [4.78, 5) is 12.6. The molecule has 4 rings (SSSR count). The van der Waals surface area contributed by atoms with E-state index in [-0.39, 0.29) is 34.7 Å². The van der Waals surface area contributed by atoms with Crippen molar-refractivity contribution >= 4 is 5.97 Å². The molecular weight excluding hydrogens is 316 g/mol. The Bertz CT molecular complexity index is 599. The van der Waals surface area contributed by atoms with E-state index in [2.05, 4.69) is 19.9 Å². The van der Waals surface area contributed by atoms with Crippen molar-refractivity contribution in [3.8, 4) is 0 Å². The number of allylic oxidation sites excluding steroid dienone is 1. The molecule has 3 unspecified atom stereocenters. The lowest BCUT2D eigenvalue weighted by atomic mass is 9.45. The average Bonchev–Trinajstić information content (AvgIpc) is 2.90. The standard InChI is InChI=1S/C21H32O4/c1-20-10-9-14-18(13(20)7-8-17(20)23)16(22)11-12-5-4-6-15(19(24)25-3)21(12,14)2/h11,13-18,22-23H,4-10H2,1-3H3/t13-,14-,15?,16?,17?,18-,20-,21-/m0/s1. The van der Waals surface area contributed by atoms with Crippen molar-refractivity contribution in [1.82, 2.24) is 0 Å². The van der Waals surface area contributed by atoms with Crippen LogP contribution in [-0.2, 0) is 9.53 Å². The van der Waals surface area contributed by atoms with Crippen LogP contribution in [0.2, 0.25) is 0 Å². The highest BCUT2D eigenvalue weighted by Crippen LogP contribution is 2.66. The van der Waals surface area contributed by atoms with Gasteiger partial charge in [-0.15, -0.1) is 0 Å². The maximum atomic E-state index is 12.6. The van der Waals surface area contributed by atoms with Gasteiger partial charge in [-0.3, -0.25) is 4.79 Å². The molecule has 0 spiro atoms. The van der Waals surface area contributed by atoms with Gasteiger partial charge in [0.05, 0.1) is 25.2 Å². The van der Waals surface area contributed by atoms with Crippen LogP contribution in [0, 0.1) is 34.5 Å². The molecule has 4 aliphatic rings. The van der Waals surface area contributed by atoms with E-state index in [1.165, 1.54) is 12.7 Å². The van der Waals surface area contributed by atoms with Crippen LogP contribution in [0.4, 0.5) is 0 Å². The highest BCUT2D eigenvalue weighted by molar-refractivity contribution is 5.74. The van der Waals surface area contributed by atoms with Crippen LogP contribution >= 0.6 is 0 Å². The van der Waals surface area contributed by atoms with Crippen molar-refractivity contribution in [3.05, 3.63) is 11.6 Å². The fourth-order valence-corrected chi connectivity index (χ4v) is 7.21. The monoisotopic (exact) mass is 348 g/mol. The molecule has 0 saturated heterocycles. The highest BCUT2D eigenvalue weighted by Gasteiger charge is 2.62. The van der Waals surface area contributed by atoms with Crippen molar-refractivity contribution in [2.24, 2.45) is 34.5 Å². The molecule has 0 aromatic carbocycles. The van der Waals surface area contributed by atoms with Crippen LogP contribution in [0.1, 0.15) is 58.8 Å². The first-order chi connectivity index (χ1) is 11.8. The highest BCUT2D eigenvalue weighted by atomic mass is 16.5. The summed E-state index contributed by atoms with van der Waals surface area (Å²) in [7, 11) is 1.49. The zero-order valence-corrected chi connectivity index (χ0v) is 15.7. The summed E-state index contributed by atoms with van der Waals surface area (Å²) in [5, 5.41) is 21.6. The summed E-state index contributed by atoms with van der Waals surface area (Å²) in [5.41, 5.74) is 0.980. The SMILES string of the molecule is COC(=O)C1CCCC2=CC(O)[C@H]3[C@@H]4CCC(O)[C@@]4(C)CC[C@@H]3[C@]21C. The summed E-state index contributed by atoms with van der Waals surface area (Å²) in [6, 6.07) is 0. The van der Waals surface area contributed by atoms with Gasteiger partial charge in [0, 0.05) is 5.41 Å². The summed E-state index contributed by atoms with van der Waals surface area (Å²) >= 11 is 0. The molecule has 0 bridgehead atoms. The summed E-state index contributed by atoms with van der Waals surface area (Å²) in [6.07, 6.45) is 8.00. The number of carbonyl (C=O) groups excluding carboxylic acids is 1. The van der Waals surface area contributed by atoms with E-state index >= 15 is 0 Å². The largest absolute Gasteiger partial charge is 0.469 e. The number of aliphatic hydroxyl groups is 2. The molecule has 4 nitrogen and oxygen atoms in total. The van der Waals surface area contributed by atoms with Crippen LogP contribution in [0.3, 0.4) is 0 Å². The minimum absolute atomic E-state index is 0.0840. The smallest absolute Gasteiger partial charge is 0.309 e. The maximum Gasteiger partial charge on any atom is 0.309 e. The lowest BCUT2D eigenvalue weighted by Crippen LogP contribution is -2.57. The minimum Gasteiger partial charge on any atom is -0.469 e. The first kappa shape index (κ1) is 17.5. The zero-order chi connectivity index (χ0) is 18.0. The van der Waals surface area contributed by atoms with Crippen LogP contribution < -0.4 is 0 Å². The lowest BCUT2D eigenvalue weighted by Gasteiger charge is -2.59. The molecule has 3 fully saturated rings. The molecule has 2 N–H and O–H groups in total. The number of carbonyl (C=O) groups is 1. The van der Waals surface area contributed by atoms with E-state index in [1.807, 2.05) is 0 Å². The first-order valence-electron chi connectivity index (χ1n) is 9.99. The van der Waals surface area contributed by atoms with Gasteiger partial charge in [-0.2, -0.15) is 0 Å². The Hall–Kier alpha value is -0.870. The quantitative estimate of drug-likeness (QED) is 0.564. The number of hydrogen-bond donors (Lipinski definition) is 2. The van der Waals surface area contributed by atoms with Crippen LogP contribution in [0.15, 0.2) is 11.6 Å². The van der Waals surface area contributed by atoms with Gasteiger partial charge in [-0.1, -0.05) is 25.5 Å². The van der Waals surface area contributed by atoms with E-state index < -0.39 is 6.10 Å². The second kappa shape index (κ2) is 5.82. The maximum absolute atomic E-state index is 12.6. The van der Waals surface area contributed by atoms with Gasteiger partial charge in [0.2, 0.25) is 0 Å². The Morgan fingerprint density at radius 3 is 2.64 bits per heavy atom. The molecule has 4 heteroatoms. The second-order valence-corrected chi connectivity index (χ2v) is 9.36. The third-order valence-electron chi connectivity index (χ3n) is 8.66. The topological polar surface area (TPSA) is 66.8 Å². The molecule has 3 saturated carbocycles. The molecule has 4 aliphatic carbocycles. The third-order valence-corrected chi connectivity index (χ3v) is 8.66. The molecular formula is C21H32O4. The van der Waals surface area contributed by atoms with E-state index in [9.17, 15) is 15.0 Å². The zero-order valence-electron chi connectivity index (χ0n) is 15.7. The van der Waals surface area contributed by atoms with Crippen molar-refractivity contribution < 1.29 is 19.7 Å². The predicted molar refractivity (Wildman–Crippen MR) is 94.6 cm³/mol. The van der Waals surface area contributed by atoms with Gasteiger partial charge in [0.15, 0.2) is 0 Å². The van der Waals surface area contributed by atoms with Crippen molar-refractivity contribution in [2.45, 2.75) is 71.0 Å². The predicted octanol–water partition coefficient (Wildman–Crippen LogP) is 3.07. The molecule has 0 aromatic heterocycles. The number of methoxy groups -OCH3 is 1. The summed E-state index contributed by atoms with van der Waals surface area (Å²) in [6.45, 7) is 4.45. The average molecular weight is 348 g/mol. The van der Waals surface area contributed by atoms with E-state index in [4.69, 9.17) is 4.74 Å². The van der Waals surface area contributed by atoms with Crippen molar-refractivity contribution in [3.63, 3.8) is 0 Å². The van der Waals surface area contributed by atoms with Crippen LogP contribution in [0.5, 0.6) is 0 Å². The summed E-state index contributed by atoms with van der Waals surface area (Å²) in [5.74, 6) is 0.590. The second-order valence-electron chi connectivity index (χ2n) is 9.36. The van der Waals surface area contributed by atoms with E-state index in [0.29, 0.717) is 11.8 Å². The Morgan fingerprint density at radius 1 is 1.16 bits per heavy atom. The van der Waals surface area contributed by atoms with Gasteiger partial charge >= 0.3 is 5.97 Å². The number of ether oxygens (including phenoxy) is 1. The molecule has 0 amide bonds. The third kappa shape index (κ3) is 2.22. The first-order valence-corrected chi connectivity index (χ1v) is 9.99. The number of fused-ring (bicyclic) bond motifs is 5. The van der Waals surface area contributed by atoms with Crippen LogP contribution in [0.25, 0.3) is 0 Å². The molecule has 8 atom stereocenters. The molecule has 0 heterocycles. The van der Waals surface area contributed by atoms with E-state index in [1.54, 1.807) is 0 Å². The fourth-order valence-electron chi connectivity index (χ4n) is 7.21. The minimum atomic E-state index is -0.445.